The minimum Gasteiger partial charge on any atom is -0.321 e. The van der Waals surface area contributed by atoms with Crippen molar-refractivity contribution < 1.29 is 13.6 Å². The van der Waals surface area contributed by atoms with Gasteiger partial charge < -0.3 is 5.32 Å². The van der Waals surface area contributed by atoms with Crippen molar-refractivity contribution in [3.8, 4) is 0 Å². The predicted octanol–water partition coefficient (Wildman–Crippen LogP) is 4.41. The van der Waals surface area contributed by atoms with E-state index in [1.165, 1.54) is 12.3 Å². The summed E-state index contributed by atoms with van der Waals surface area (Å²) in [6, 6.07) is 9.65. The maximum atomic E-state index is 12.4. The number of nitrogens with one attached hydrogen (secondary N) is 1. The van der Waals surface area contributed by atoms with E-state index in [0.29, 0.717) is 32.5 Å². The molecule has 1 heterocycles. The molecule has 0 aliphatic heterocycles. The molecule has 0 spiro atoms. The summed E-state index contributed by atoms with van der Waals surface area (Å²) in [5.41, 5.74) is 0.704. The number of alkyl halides is 2. The van der Waals surface area contributed by atoms with Crippen LogP contribution < -0.4 is 5.32 Å². The number of thioether (sulfide) groups is 1. The molecule has 0 aliphatic rings. The average Bonchev–Trinajstić information content (AvgIpc) is 2.41. The number of benzene rings is 1. The van der Waals surface area contributed by atoms with Gasteiger partial charge in [-0.3, -0.25) is 4.79 Å². The van der Waals surface area contributed by atoms with Crippen LogP contribution in [-0.4, -0.2) is 16.6 Å². The van der Waals surface area contributed by atoms with E-state index >= 15 is 0 Å². The molecular weight excluding hydrogens is 350 g/mol. The van der Waals surface area contributed by atoms with E-state index in [0.717, 1.165) is 0 Å². The fourth-order valence-corrected chi connectivity index (χ4v) is 2.30. The van der Waals surface area contributed by atoms with Gasteiger partial charge in [0.25, 0.3) is 11.7 Å². The highest BCUT2D eigenvalue weighted by molar-refractivity contribution is 9.10. The molecule has 2 rings (SSSR count). The molecule has 0 saturated carbocycles. The Kier molecular flexibility index (Phi) is 5.08. The fraction of sp³-hybridized carbons (Fsp3) is 0.0769. The van der Waals surface area contributed by atoms with Crippen molar-refractivity contribution in [1.29, 1.82) is 0 Å². The number of hydrogen-bond acceptors (Lipinski definition) is 3. The van der Waals surface area contributed by atoms with Gasteiger partial charge in [-0.05, 0) is 40.2 Å². The fourth-order valence-electron chi connectivity index (χ4n) is 1.47. The Balaban J connectivity index is 2.17. The lowest BCUT2D eigenvalue weighted by molar-refractivity contribution is 0.102. The van der Waals surface area contributed by atoms with Gasteiger partial charge in [0.05, 0.1) is 11.3 Å². The number of pyridine rings is 1. The number of anilines is 1. The van der Waals surface area contributed by atoms with Gasteiger partial charge in [0.2, 0.25) is 0 Å². The highest BCUT2D eigenvalue weighted by Crippen LogP contribution is 2.31. The lowest BCUT2D eigenvalue weighted by Gasteiger charge is -2.10. The Morgan fingerprint density at radius 1 is 1.25 bits per heavy atom. The molecule has 0 aliphatic carbocycles. The second kappa shape index (κ2) is 6.81. The van der Waals surface area contributed by atoms with Crippen LogP contribution in [-0.2, 0) is 0 Å². The van der Waals surface area contributed by atoms with Crippen LogP contribution in [0.3, 0.4) is 0 Å². The first kappa shape index (κ1) is 14.9. The van der Waals surface area contributed by atoms with Gasteiger partial charge in [0.15, 0.2) is 0 Å². The van der Waals surface area contributed by atoms with Gasteiger partial charge in [0, 0.05) is 11.1 Å². The molecule has 1 aromatic carbocycles. The zero-order chi connectivity index (χ0) is 14.5. The van der Waals surface area contributed by atoms with E-state index in [9.17, 15) is 13.6 Å². The standard InChI is InChI=1S/C13H9BrF2N2OS/c14-11-6-5-8(7-17-11)12(19)18-9-3-1-2-4-10(9)20-13(15)16/h1-7,13H,(H,18,19). The Morgan fingerprint density at radius 3 is 2.65 bits per heavy atom. The first-order chi connectivity index (χ1) is 9.56. The van der Waals surface area contributed by atoms with Gasteiger partial charge in [-0.2, -0.15) is 8.78 Å². The zero-order valence-electron chi connectivity index (χ0n) is 10.0. The molecule has 20 heavy (non-hydrogen) atoms. The Labute approximate surface area is 126 Å². The SMILES string of the molecule is O=C(Nc1ccccc1SC(F)F)c1ccc(Br)nc1. The molecular formula is C13H9BrF2N2OS. The van der Waals surface area contributed by atoms with Crippen LogP contribution in [0.5, 0.6) is 0 Å². The molecule has 0 fully saturated rings. The molecule has 1 amide bonds. The monoisotopic (exact) mass is 358 g/mol. The van der Waals surface area contributed by atoms with E-state index in [-0.39, 0.29) is 0 Å². The molecule has 0 unspecified atom stereocenters. The van der Waals surface area contributed by atoms with E-state index in [4.69, 9.17) is 0 Å². The molecule has 1 aromatic heterocycles. The molecule has 0 atom stereocenters. The summed E-state index contributed by atoms with van der Waals surface area (Å²) in [6.45, 7) is 0. The van der Waals surface area contributed by atoms with Gasteiger partial charge in [-0.1, -0.05) is 23.9 Å². The smallest absolute Gasteiger partial charge is 0.288 e. The number of carbonyl (C=O) groups is 1. The van der Waals surface area contributed by atoms with Crippen LogP contribution in [0.2, 0.25) is 0 Å². The Morgan fingerprint density at radius 2 is 2.00 bits per heavy atom. The first-order valence-electron chi connectivity index (χ1n) is 5.53. The molecule has 2 aromatic rings. The molecule has 104 valence electrons. The van der Waals surface area contributed by atoms with Crippen molar-refractivity contribution in [2.45, 2.75) is 10.7 Å². The number of halogens is 3. The second-order valence-corrected chi connectivity index (χ2v) is 5.54. The zero-order valence-corrected chi connectivity index (χ0v) is 12.4. The van der Waals surface area contributed by atoms with Crippen LogP contribution in [0.1, 0.15) is 10.4 Å². The van der Waals surface area contributed by atoms with E-state index < -0.39 is 11.7 Å². The highest BCUT2D eigenvalue weighted by Gasteiger charge is 2.12. The maximum Gasteiger partial charge on any atom is 0.288 e. The number of carbonyl (C=O) groups excluding carboxylic acids is 1. The van der Waals surface area contributed by atoms with Gasteiger partial charge >= 0.3 is 0 Å². The minimum atomic E-state index is -2.54. The Hall–Kier alpha value is -1.47. The number of rotatable bonds is 4. The van der Waals surface area contributed by atoms with Crippen LogP contribution >= 0.6 is 27.7 Å². The molecule has 3 nitrogen and oxygen atoms in total. The van der Waals surface area contributed by atoms with Crippen LogP contribution in [0.15, 0.2) is 52.1 Å². The molecule has 7 heteroatoms. The number of hydrogen-bond donors (Lipinski definition) is 1. The topological polar surface area (TPSA) is 42.0 Å². The lowest BCUT2D eigenvalue weighted by Crippen LogP contribution is -2.12. The van der Waals surface area contributed by atoms with E-state index in [1.54, 1.807) is 30.3 Å². The van der Waals surface area contributed by atoms with Crippen molar-refractivity contribution in [1.82, 2.24) is 4.98 Å². The second-order valence-electron chi connectivity index (χ2n) is 3.70. The third-order valence-electron chi connectivity index (χ3n) is 2.34. The first-order valence-corrected chi connectivity index (χ1v) is 7.20. The van der Waals surface area contributed by atoms with Crippen LogP contribution in [0, 0.1) is 0 Å². The van der Waals surface area contributed by atoms with Crippen molar-refractivity contribution in [2.24, 2.45) is 0 Å². The van der Waals surface area contributed by atoms with Crippen molar-refractivity contribution in [3.63, 3.8) is 0 Å². The van der Waals surface area contributed by atoms with Gasteiger partial charge in [-0.25, -0.2) is 4.98 Å². The molecule has 0 saturated heterocycles. The number of para-hydroxylation sites is 1. The Bertz CT molecular complexity index is 608. The normalized spacial score (nSPS) is 10.6. The van der Waals surface area contributed by atoms with Crippen LogP contribution in [0.25, 0.3) is 0 Å². The summed E-state index contributed by atoms with van der Waals surface area (Å²) < 4.78 is 25.5. The van der Waals surface area contributed by atoms with Gasteiger partial charge in [0.1, 0.15) is 4.60 Å². The number of nitrogens with zero attached hydrogens (tertiary/aromatic N) is 1. The summed E-state index contributed by atoms with van der Waals surface area (Å²) in [6.07, 6.45) is 1.41. The predicted molar refractivity (Wildman–Crippen MR) is 78.2 cm³/mol. The third-order valence-corrected chi connectivity index (χ3v) is 3.60. The van der Waals surface area contributed by atoms with Crippen molar-refractivity contribution in [3.05, 3.63) is 52.8 Å². The summed E-state index contributed by atoms with van der Waals surface area (Å²) >= 11 is 3.56. The van der Waals surface area contributed by atoms with Crippen molar-refractivity contribution in [2.75, 3.05) is 5.32 Å². The highest BCUT2D eigenvalue weighted by atomic mass is 79.9. The lowest BCUT2D eigenvalue weighted by atomic mass is 10.2. The summed E-state index contributed by atoms with van der Waals surface area (Å²) in [4.78, 5) is 16.3. The number of aromatic nitrogens is 1. The van der Waals surface area contributed by atoms with E-state index in [2.05, 4.69) is 26.2 Å². The van der Waals surface area contributed by atoms with E-state index in [1.807, 2.05) is 0 Å². The van der Waals surface area contributed by atoms with Crippen LogP contribution in [0.4, 0.5) is 14.5 Å². The summed E-state index contributed by atoms with van der Waals surface area (Å²) in [5.74, 6) is -2.94. The minimum absolute atomic E-state index is 0.320. The van der Waals surface area contributed by atoms with Crippen molar-refractivity contribution >= 4 is 39.3 Å². The number of amides is 1. The molecule has 1 N–H and O–H groups in total. The van der Waals surface area contributed by atoms with Gasteiger partial charge in [-0.15, -0.1) is 0 Å². The average molecular weight is 359 g/mol. The molecule has 0 radical (unpaired) electrons. The third kappa shape index (κ3) is 4.01. The molecule has 0 bridgehead atoms. The summed E-state index contributed by atoms with van der Waals surface area (Å²) in [7, 11) is 0. The quantitative estimate of drug-likeness (QED) is 0.650. The summed E-state index contributed by atoms with van der Waals surface area (Å²) in [5, 5.41) is 2.60. The maximum absolute atomic E-state index is 12.4. The largest absolute Gasteiger partial charge is 0.321 e.